The molecular weight excluding hydrogens is 298 g/mol. The molecule has 22 heavy (non-hydrogen) atoms. The maximum absolute atomic E-state index is 13.1. The molecular formula is C16H21N3O2S. The lowest BCUT2D eigenvalue weighted by Crippen LogP contribution is -2.38. The van der Waals surface area contributed by atoms with Gasteiger partial charge in [-0.1, -0.05) is 36.8 Å². The highest BCUT2D eigenvalue weighted by Crippen LogP contribution is 2.35. The van der Waals surface area contributed by atoms with Gasteiger partial charge in [0.15, 0.2) is 0 Å². The highest BCUT2D eigenvalue weighted by atomic mass is 32.2. The molecule has 1 saturated heterocycles. The van der Waals surface area contributed by atoms with Crippen LogP contribution in [0.5, 0.6) is 0 Å². The second-order valence-electron chi connectivity index (χ2n) is 5.76. The first-order valence-corrected chi connectivity index (χ1v) is 9.01. The van der Waals surface area contributed by atoms with E-state index in [2.05, 4.69) is 5.10 Å². The van der Waals surface area contributed by atoms with E-state index in [1.807, 2.05) is 30.3 Å². The number of aromatic nitrogens is 2. The van der Waals surface area contributed by atoms with Crippen LogP contribution < -0.4 is 0 Å². The molecule has 2 aromatic rings. The summed E-state index contributed by atoms with van der Waals surface area (Å²) in [5, 5.41) is 4.09. The summed E-state index contributed by atoms with van der Waals surface area (Å²) >= 11 is 0. The average Bonchev–Trinajstić information content (AvgIpc) is 2.88. The first-order valence-electron chi connectivity index (χ1n) is 7.57. The minimum absolute atomic E-state index is 0.0837. The predicted octanol–water partition coefficient (Wildman–Crippen LogP) is 2.64. The average molecular weight is 319 g/mol. The summed E-state index contributed by atoms with van der Waals surface area (Å²) in [6, 6.07) is 9.81. The number of sulfonamides is 1. The molecule has 2 heterocycles. The van der Waals surface area contributed by atoms with E-state index in [1.54, 1.807) is 23.0 Å². The van der Waals surface area contributed by atoms with E-state index in [0.717, 1.165) is 24.8 Å². The van der Waals surface area contributed by atoms with Crippen LogP contribution in [0.2, 0.25) is 0 Å². The van der Waals surface area contributed by atoms with Crippen molar-refractivity contribution >= 4 is 10.0 Å². The van der Waals surface area contributed by atoms with E-state index in [9.17, 15) is 8.42 Å². The molecule has 1 aromatic heterocycles. The van der Waals surface area contributed by atoms with Gasteiger partial charge in [0.2, 0.25) is 10.0 Å². The molecule has 1 aliphatic rings. The van der Waals surface area contributed by atoms with E-state index < -0.39 is 10.0 Å². The monoisotopic (exact) mass is 319 g/mol. The van der Waals surface area contributed by atoms with Gasteiger partial charge in [0, 0.05) is 13.6 Å². The van der Waals surface area contributed by atoms with Crippen molar-refractivity contribution in [1.29, 1.82) is 0 Å². The van der Waals surface area contributed by atoms with Crippen molar-refractivity contribution in [3.63, 3.8) is 0 Å². The third kappa shape index (κ3) is 2.57. The van der Waals surface area contributed by atoms with Crippen LogP contribution in [-0.2, 0) is 17.1 Å². The van der Waals surface area contributed by atoms with Crippen LogP contribution in [0.25, 0.3) is 0 Å². The van der Waals surface area contributed by atoms with Crippen molar-refractivity contribution < 1.29 is 8.42 Å². The first-order chi connectivity index (χ1) is 10.5. The minimum Gasteiger partial charge on any atom is -0.272 e. The van der Waals surface area contributed by atoms with Crippen LogP contribution in [0, 0.1) is 6.92 Å². The Bertz CT molecular complexity index is 753. The van der Waals surface area contributed by atoms with E-state index in [1.165, 1.54) is 6.20 Å². The molecule has 1 aliphatic heterocycles. The van der Waals surface area contributed by atoms with Crippen molar-refractivity contribution in [2.75, 3.05) is 6.54 Å². The Hall–Kier alpha value is -1.66. The van der Waals surface area contributed by atoms with Crippen molar-refractivity contribution in [2.24, 2.45) is 7.05 Å². The molecule has 0 saturated carbocycles. The second-order valence-corrected chi connectivity index (χ2v) is 7.61. The fourth-order valence-electron chi connectivity index (χ4n) is 3.06. The third-order valence-electron chi connectivity index (χ3n) is 4.41. The van der Waals surface area contributed by atoms with Crippen molar-refractivity contribution in [3.8, 4) is 0 Å². The molecule has 1 unspecified atom stereocenters. The molecule has 1 aromatic carbocycles. The Labute approximate surface area is 131 Å². The van der Waals surface area contributed by atoms with Crippen molar-refractivity contribution in [2.45, 2.75) is 37.1 Å². The quantitative estimate of drug-likeness (QED) is 0.874. The van der Waals surface area contributed by atoms with Crippen molar-refractivity contribution in [1.82, 2.24) is 14.1 Å². The van der Waals surface area contributed by atoms with Gasteiger partial charge in [0.1, 0.15) is 4.90 Å². The summed E-state index contributed by atoms with van der Waals surface area (Å²) in [6.45, 7) is 2.36. The topological polar surface area (TPSA) is 55.2 Å². The molecule has 6 heteroatoms. The van der Waals surface area contributed by atoms with Gasteiger partial charge in [-0.2, -0.15) is 9.40 Å². The van der Waals surface area contributed by atoms with Crippen LogP contribution in [-0.4, -0.2) is 29.0 Å². The van der Waals surface area contributed by atoms with E-state index in [0.29, 0.717) is 17.1 Å². The summed E-state index contributed by atoms with van der Waals surface area (Å²) < 4.78 is 29.4. The molecule has 118 valence electrons. The van der Waals surface area contributed by atoms with Crippen LogP contribution in [0.3, 0.4) is 0 Å². The minimum atomic E-state index is -3.52. The van der Waals surface area contributed by atoms with Crippen LogP contribution >= 0.6 is 0 Å². The first kappa shape index (κ1) is 15.2. The lowest BCUT2D eigenvalue weighted by Gasteiger charge is -2.34. The number of hydrogen-bond donors (Lipinski definition) is 0. The van der Waals surface area contributed by atoms with Gasteiger partial charge in [-0.05, 0) is 25.3 Å². The lowest BCUT2D eigenvalue weighted by molar-refractivity contribution is 0.256. The summed E-state index contributed by atoms with van der Waals surface area (Å²) in [5.41, 5.74) is 1.74. The Morgan fingerprint density at radius 3 is 2.55 bits per heavy atom. The molecule has 3 rings (SSSR count). The van der Waals surface area contributed by atoms with Gasteiger partial charge in [-0.3, -0.25) is 4.68 Å². The van der Waals surface area contributed by atoms with Gasteiger partial charge in [0.25, 0.3) is 0 Å². The summed E-state index contributed by atoms with van der Waals surface area (Å²) in [4.78, 5) is 0.317. The van der Waals surface area contributed by atoms with Crippen molar-refractivity contribution in [3.05, 3.63) is 47.8 Å². The molecule has 0 amide bonds. The fourth-order valence-corrected chi connectivity index (χ4v) is 4.93. The fraction of sp³-hybridized carbons (Fsp3) is 0.438. The highest BCUT2D eigenvalue weighted by Gasteiger charge is 2.36. The highest BCUT2D eigenvalue weighted by molar-refractivity contribution is 7.89. The van der Waals surface area contributed by atoms with E-state index in [4.69, 9.17) is 0 Å². The zero-order valence-corrected chi connectivity index (χ0v) is 13.8. The molecule has 0 bridgehead atoms. The Balaban J connectivity index is 2.02. The Kier molecular flexibility index (Phi) is 4.06. The summed E-state index contributed by atoms with van der Waals surface area (Å²) in [6.07, 6.45) is 4.28. The smallest absolute Gasteiger partial charge is 0.247 e. The molecule has 0 spiro atoms. The summed E-state index contributed by atoms with van der Waals surface area (Å²) in [5.74, 6) is 0. The van der Waals surface area contributed by atoms with Gasteiger partial charge in [0.05, 0.1) is 17.9 Å². The number of nitrogens with zero attached hydrogens (tertiary/aromatic N) is 3. The standard InChI is InChI=1S/C16H21N3O2S/c1-13-16(12-17-18(13)2)22(20,21)19-11-7-6-10-15(19)14-8-4-3-5-9-14/h3-5,8-9,12,15H,6-7,10-11H2,1-2H3. The van der Waals surface area contributed by atoms with Gasteiger partial charge >= 0.3 is 0 Å². The number of piperidine rings is 1. The normalized spacial score (nSPS) is 20.2. The number of hydrogen-bond acceptors (Lipinski definition) is 3. The van der Waals surface area contributed by atoms with E-state index >= 15 is 0 Å². The maximum Gasteiger partial charge on any atom is 0.247 e. The molecule has 0 radical (unpaired) electrons. The third-order valence-corrected chi connectivity index (χ3v) is 6.43. The molecule has 1 atom stereocenters. The largest absolute Gasteiger partial charge is 0.272 e. The Morgan fingerprint density at radius 1 is 1.18 bits per heavy atom. The molecule has 5 nitrogen and oxygen atoms in total. The van der Waals surface area contributed by atoms with Crippen LogP contribution in [0.15, 0.2) is 41.4 Å². The maximum atomic E-state index is 13.1. The molecule has 1 fully saturated rings. The number of rotatable bonds is 3. The zero-order valence-electron chi connectivity index (χ0n) is 12.9. The molecule has 0 N–H and O–H groups in total. The van der Waals surface area contributed by atoms with Crippen LogP contribution in [0.4, 0.5) is 0 Å². The Morgan fingerprint density at radius 2 is 1.91 bits per heavy atom. The predicted molar refractivity (Wildman–Crippen MR) is 84.9 cm³/mol. The van der Waals surface area contributed by atoms with Gasteiger partial charge in [-0.25, -0.2) is 8.42 Å². The lowest BCUT2D eigenvalue weighted by atomic mass is 9.98. The number of aryl methyl sites for hydroxylation is 1. The second kappa shape index (κ2) is 5.85. The molecule has 0 aliphatic carbocycles. The number of benzene rings is 1. The van der Waals surface area contributed by atoms with Gasteiger partial charge < -0.3 is 0 Å². The zero-order chi connectivity index (χ0) is 15.7. The summed E-state index contributed by atoms with van der Waals surface area (Å²) in [7, 11) is -1.76. The van der Waals surface area contributed by atoms with E-state index in [-0.39, 0.29) is 6.04 Å². The SMILES string of the molecule is Cc1c(S(=O)(=O)N2CCCCC2c2ccccc2)cnn1C. The van der Waals surface area contributed by atoms with Gasteiger partial charge in [-0.15, -0.1) is 0 Å². The van der Waals surface area contributed by atoms with Crippen LogP contribution in [0.1, 0.15) is 36.6 Å².